The van der Waals surface area contributed by atoms with Crippen LogP contribution in [-0.2, 0) is 18.3 Å². The Morgan fingerprint density at radius 1 is 1.23 bits per heavy atom. The number of nitrogens with zero attached hydrogens (tertiary/aromatic N) is 7. The van der Waals surface area contributed by atoms with Gasteiger partial charge in [-0.25, -0.2) is 15.0 Å². The van der Waals surface area contributed by atoms with Crippen molar-refractivity contribution in [1.29, 1.82) is 0 Å². The predicted octanol–water partition coefficient (Wildman–Crippen LogP) is 2.42. The molecule has 4 aromatic heterocycles. The molecule has 11 heteroatoms. The van der Waals surface area contributed by atoms with Gasteiger partial charge in [0.05, 0.1) is 34.8 Å². The van der Waals surface area contributed by atoms with Gasteiger partial charge in [-0.3, -0.25) is 9.36 Å². The molecule has 0 spiro atoms. The topological polar surface area (TPSA) is 114 Å². The summed E-state index contributed by atoms with van der Waals surface area (Å²) < 4.78 is 15.7. The van der Waals surface area contributed by atoms with Crippen molar-refractivity contribution < 1.29 is 9.26 Å². The number of aromatic nitrogens is 7. The zero-order valence-electron chi connectivity index (χ0n) is 16.5. The van der Waals surface area contributed by atoms with Crippen molar-refractivity contribution >= 4 is 32.7 Å². The van der Waals surface area contributed by atoms with Crippen LogP contribution < -0.4 is 5.56 Å². The second-order valence-corrected chi connectivity index (χ2v) is 8.47. The smallest absolute Gasteiger partial charge is 0.280 e. The van der Waals surface area contributed by atoms with Crippen LogP contribution in [0.4, 0.5) is 0 Å². The molecule has 0 bridgehead atoms. The summed E-state index contributed by atoms with van der Waals surface area (Å²) >= 11 is 1.62. The maximum absolute atomic E-state index is 12.7. The van der Waals surface area contributed by atoms with Crippen LogP contribution in [0, 0.1) is 0 Å². The summed E-state index contributed by atoms with van der Waals surface area (Å²) in [6, 6.07) is 6.22. The molecule has 10 nitrogen and oxygen atoms in total. The first-order valence-electron chi connectivity index (χ1n) is 9.79. The standard InChI is InChI=1S/C20H17N7O3S/c1-26-8-21-19-17(26)20(28)27(9-22-19)6-16-24-18(25-30-16)12-4-14(29-7-12)11-2-3-13-15(5-11)31-10-23-13/h2-3,5,8-10,12,14H,4,6-7H2,1H3/t12-,14+/m0/s1. The predicted molar refractivity (Wildman–Crippen MR) is 112 cm³/mol. The average molecular weight is 435 g/mol. The zero-order valence-corrected chi connectivity index (χ0v) is 17.3. The summed E-state index contributed by atoms with van der Waals surface area (Å²) in [6.45, 7) is 0.672. The molecule has 0 unspecified atom stereocenters. The molecule has 1 aliphatic rings. The van der Waals surface area contributed by atoms with E-state index in [1.807, 2.05) is 11.6 Å². The molecule has 1 fully saturated rings. The van der Waals surface area contributed by atoms with E-state index in [9.17, 15) is 4.79 Å². The summed E-state index contributed by atoms with van der Waals surface area (Å²) in [4.78, 5) is 29.9. The molecule has 5 aromatic rings. The minimum Gasteiger partial charge on any atom is -0.373 e. The van der Waals surface area contributed by atoms with E-state index in [4.69, 9.17) is 9.26 Å². The summed E-state index contributed by atoms with van der Waals surface area (Å²) in [5.74, 6) is 0.989. The fourth-order valence-electron chi connectivity index (χ4n) is 3.94. The van der Waals surface area contributed by atoms with Gasteiger partial charge >= 0.3 is 0 Å². The molecular formula is C20H17N7O3S. The van der Waals surface area contributed by atoms with Crippen molar-refractivity contribution in [2.24, 2.45) is 7.05 Å². The van der Waals surface area contributed by atoms with Gasteiger partial charge in [-0.2, -0.15) is 4.98 Å². The van der Waals surface area contributed by atoms with E-state index in [-0.39, 0.29) is 24.1 Å². The van der Waals surface area contributed by atoms with Crippen LogP contribution in [0.2, 0.25) is 0 Å². The van der Waals surface area contributed by atoms with E-state index in [1.54, 1.807) is 29.3 Å². The van der Waals surface area contributed by atoms with Gasteiger partial charge in [0.2, 0.25) is 5.89 Å². The highest BCUT2D eigenvalue weighted by Crippen LogP contribution is 2.38. The van der Waals surface area contributed by atoms with Gasteiger partial charge in [-0.15, -0.1) is 11.3 Å². The number of imidazole rings is 1. The lowest BCUT2D eigenvalue weighted by Gasteiger charge is -2.09. The van der Waals surface area contributed by atoms with Crippen molar-refractivity contribution in [2.45, 2.75) is 25.0 Å². The number of benzene rings is 1. The lowest BCUT2D eigenvalue weighted by molar-refractivity contribution is 0.110. The minimum atomic E-state index is -0.201. The van der Waals surface area contributed by atoms with Crippen LogP contribution in [-0.4, -0.2) is 40.8 Å². The summed E-state index contributed by atoms with van der Waals surface area (Å²) in [5, 5.41) is 4.14. The van der Waals surface area contributed by atoms with Crippen molar-refractivity contribution in [3.8, 4) is 0 Å². The van der Waals surface area contributed by atoms with E-state index in [0.29, 0.717) is 29.5 Å². The third-order valence-corrected chi connectivity index (χ3v) is 6.37. The fraction of sp³-hybridized carbons (Fsp3) is 0.300. The molecule has 1 saturated heterocycles. The number of hydrogen-bond acceptors (Lipinski definition) is 9. The number of ether oxygens (including phenoxy) is 1. The van der Waals surface area contributed by atoms with Gasteiger partial charge in [0.25, 0.3) is 5.56 Å². The van der Waals surface area contributed by atoms with Crippen LogP contribution in [0.1, 0.15) is 35.7 Å². The average Bonchev–Trinajstić information content (AvgIpc) is 3.56. The Balaban J connectivity index is 1.20. The number of thiazole rings is 1. The van der Waals surface area contributed by atoms with Gasteiger partial charge in [0.1, 0.15) is 12.9 Å². The molecule has 0 saturated carbocycles. The number of fused-ring (bicyclic) bond motifs is 2. The molecule has 156 valence electrons. The maximum atomic E-state index is 12.7. The molecule has 6 rings (SSSR count). The second kappa shape index (κ2) is 7.06. The quantitative estimate of drug-likeness (QED) is 0.423. The summed E-state index contributed by atoms with van der Waals surface area (Å²) in [7, 11) is 1.76. The third kappa shape index (κ3) is 3.13. The number of rotatable bonds is 4. The molecule has 0 N–H and O–H groups in total. The third-order valence-electron chi connectivity index (χ3n) is 5.58. The van der Waals surface area contributed by atoms with Crippen molar-refractivity contribution in [3.63, 3.8) is 0 Å². The van der Waals surface area contributed by atoms with Crippen LogP contribution in [0.15, 0.2) is 45.7 Å². The van der Waals surface area contributed by atoms with E-state index in [2.05, 4.69) is 37.2 Å². The van der Waals surface area contributed by atoms with Gasteiger partial charge < -0.3 is 13.8 Å². The van der Waals surface area contributed by atoms with Crippen molar-refractivity contribution in [1.82, 2.24) is 34.2 Å². The molecule has 0 radical (unpaired) electrons. The highest BCUT2D eigenvalue weighted by atomic mass is 32.1. The largest absolute Gasteiger partial charge is 0.373 e. The maximum Gasteiger partial charge on any atom is 0.280 e. The van der Waals surface area contributed by atoms with E-state index < -0.39 is 0 Å². The highest BCUT2D eigenvalue weighted by Gasteiger charge is 2.31. The number of hydrogen-bond donors (Lipinski definition) is 0. The first-order valence-corrected chi connectivity index (χ1v) is 10.7. The normalized spacial score (nSPS) is 19.0. The Morgan fingerprint density at radius 3 is 3.06 bits per heavy atom. The molecule has 2 atom stereocenters. The van der Waals surface area contributed by atoms with Crippen LogP contribution in [0.5, 0.6) is 0 Å². The summed E-state index contributed by atoms with van der Waals surface area (Å²) in [6.07, 6.45) is 3.77. The van der Waals surface area contributed by atoms with Gasteiger partial charge in [0, 0.05) is 13.0 Å². The van der Waals surface area contributed by atoms with Gasteiger partial charge in [0.15, 0.2) is 17.0 Å². The Bertz CT molecular complexity index is 1470. The molecular weight excluding hydrogens is 418 g/mol. The lowest BCUT2D eigenvalue weighted by atomic mass is 10.00. The van der Waals surface area contributed by atoms with Gasteiger partial charge in [-0.05, 0) is 24.1 Å². The lowest BCUT2D eigenvalue weighted by Crippen LogP contribution is -2.22. The van der Waals surface area contributed by atoms with E-state index in [0.717, 1.165) is 22.2 Å². The van der Waals surface area contributed by atoms with Crippen LogP contribution in [0.3, 0.4) is 0 Å². The SMILES string of the molecule is Cn1cnc2ncn(Cc3nc([C@@H]4CO[C@@H](c5ccc6ncsc6c5)C4)no3)c(=O)c21. The van der Waals surface area contributed by atoms with Crippen molar-refractivity contribution in [3.05, 3.63) is 64.0 Å². The number of aryl methyl sites for hydroxylation is 1. The zero-order chi connectivity index (χ0) is 20.9. The van der Waals surface area contributed by atoms with Gasteiger partial charge in [-0.1, -0.05) is 11.2 Å². The van der Waals surface area contributed by atoms with Crippen LogP contribution >= 0.6 is 11.3 Å². The molecule has 1 aliphatic heterocycles. The Morgan fingerprint density at radius 2 is 2.13 bits per heavy atom. The molecule has 5 heterocycles. The Labute approximate surface area is 179 Å². The second-order valence-electron chi connectivity index (χ2n) is 7.59. The molecule has 31 heavy (non-hydrogen) atoms. The first-order chi connectivity index (χ1) is 15.2. The Hall–Kier alpha value is -3.44. The highest BCUT2D eigenvalue weighted by molar-refractivity contribution is 7.16. The molecule has 0 aliphatic carbocycles. The Kier molecular flexibility index (Phi) is 4.18. The van der Waals surface area contributed by atoms with Crippen LogP contribution in [0.25, 0.3) is 21.4 Å². The summed E-state index contributed by atoms with van der Waals surface area (Å²) in [5.41, 5.74) is 4.63. The molecule has 1 aromatic carbocycles. The minimum absolute atomic E-state index is 0.0162. The fourth-order valence-corrected chi connectivity index (χ4v) is 4.66. The van der Waals surface area contributed by atoms with Crippen molar-refractivity contribution in [2.75, 3.05) is 6.61 Å². The monoisotopic (exact) mass is 435 g/mol. The van der Waals surface area contributed by atoms with E-state index in [1.165, 1.54) is 10.9 Å². The van der Waals surface area contributed by atoms with E-state index >= 15 is 0 Å². The molecule has 0 amide bonds. The first kappa shape index (κ1) is 18.3.